The molecule has 0 saturated carbocycles. The minimum absolute atomic E-state index is 0.245. The topological polar surface area (TPSA) is 76.4 Å². The number of rotatable bonds is 9. The number of thioether (sulfide) groups is 1. The molecule has 0 aromatic heterocycles. The molecule has 122 valence electrons. The zero-order valence-electron chi connectivity index (χ0n) is 12.9. The van der Waals surface area contributed by atoms with Gasteiger partial charge in [-0.3, -0.25) is 4.79 Å². The fourth-order valence-electron chi connectivity index (χ4n) is 1.82. The van der Waals surface area contributed by atoms with Crippen LogP contribution >= 0.6 is 24.0 Å². The first-order valence-corrected chi connectivity index (χ1v) is 8.44. The number of benzene rings is 1. The average Bonchev–Trinajstić information content (AvgIpc) is 2.51. The van der Waals surface area contributed by atoms with Gasteiger partial charge in [-0.2, -0.15) is 0 Å². The number of nitrogens with two attached hydrogens (primary N) is 1. The molecule has 0 aliphatic carbocycles. The zero-order valence-corrected chi connectivity index (χ0v) is 14.6. The van der Waals surface area contributed by atoms with Gasteiger partial charge in [-0.25, -0.2) is 0 Å². The fourth-order valence-corrected chi connectivity index (χ4v) is 3.03. The van der Waals surface area contributed by atoms with E-state index in [1.807, 2.05) is 37.3 Å². The molecule has 0 bridgehead atoms. The lowest BCUT2D eigenvalue weighted by Gasteiger charge is -2.31. The van der Waals surface area contributed by atoms with Crippen LogP contribution in [0.3, 0.4) is 0 Å². The van der Waals surface area contributed by atoms with Crippen molar-refractivity contribution in [3.05, 3.63) is 30.3 Å². The number of primary amides is 1. The molecule has 1 aromatic carbocycles. The molecule has 0 aliphatic rings. The Morgan fingerprint density at radius 2 is 2.09 bits per heavy atom. The van der Waals surface area contributed by atoms with Gasteiger partial charge >= 0.3 is 0 Å². The molecule has 0 spiro atoms. The quantitative estimate of drug-likeness (QED) is 0.362. The third-order valence-corrected chi connectivity index (χ3v) is 4.63. The Morgan fingerprint density at radius 1 is 1.41 bits per heavy atom. The van der Waals surface area contributed by atoms with Crippen LogP contribution in [0.1, 0.15) is 19.8 Å². The Bertz CT molecular complexity index is 485. The van der Waals surface area contributed by atoms with E-state index in [-0.39, 0.29) is 16.5 Å². The molecule has 1 rings (SSSR count). The SMILES string of the molecule is CNC(=S)NC(C)(CCCOc1ccccc1)SCC(N)=O. The Kier molecular flexibility index (Phi) is 8.05. The van der Waals surface area contributed by atoms with E-state index in [2.05, 4.69) is 10.6 Å². The maximum absolute atomic E-state index is 11.0. The van der Waals surface area contributed by atoms with Gasteiger partial charge in [-0.05, 0) is 44.1 Å². The molecule has 0 aliphatic heterocycles. The number of ether oxygens (including phenoxy) is 1. The third-order valence-electron chi connectivity index (χ3n) is 2.95. The van der Waals surface area contributed by atoms with Crippen molar-refractivity contribution in [2.24, 2.45) is 5.73 Å². The van der Waals surface area contributed by atoms with Crippen molar-refractivity contribution in [1.29, 1.82) is 0 Å². The lowest BCUT2D eigenvalue weighted by atomic mass is 10.2. The number of carbonyl (C=O) groups excluding carboxylic acids is 1. The Morgan fingerprint density at radius 3 is 2.68 bits per heavy atom. The normalized spacial score (nSPS) is 13.0. The Balaban J connectivity index is 2.45. The monoisotopic (exact) mass is 341 g/mol. The molecule has 22 heavy (non-hydrogen) atoms. The molecule has 1 atom stereocenters. The third kappa shape index (κ3) is 7.51. The summed E-state index contributed by atoms with van der Waals surface area (Å²) in [5, 5.41) is 6.65. The fraction of sp³-hybridized carbons (Fsp3) is 0.467. The van der Waals surface area contributed by atoms with Crippen molar-refractivity contribution in [2.45, 2.75) is 24.6 Å². The predicted octanol–water partition coefficient (Wildman–Crippen LogP) is 1.87. The highest BCUT2D eigenvalue weighted by atomic mass is 32.2. The van der Waals surface area contributed by atoms with Gasteiger partial charge in [0.05, 0.1) is 17.2 Å². The number of para-hydroxylation sites is 1. The van der Waals surface area contributed by atoms with Crippen LogP contribution in [0.25, 0.3) is 0 Å². The van der Waals surface area contributed by atoms with Crippen molar-refractivity contribution in [1.82, 2.24) is 10.6 Å². The maximum Gasteiger partial charge on any atom is 0.227 e. The molecular weight excluding hydrogens is 318 g/mol. The molecule has 0 fully saturated rings. The van der Waals surface area contributed by atoms with E-state index >= 15 is 0 Å². The lowest BCUT2D eigenvalue weighted by molar-refractivity contribution is -0.115. The molecular formula is C15H23N3O2S2. The van der Waals surface area contributed by atoms with Crippen molar-refractivity contribution in [3.63, 3.8) is 0 Å². The molecule has 1 aromatic rings. The lowest BCUT2D eigenvalue weighted by Crippen LogP contribution is -2.47. The summed E-state index contributed by atoms with van der Waals surface area (Å²) in [5.41, 5.74) is 5.23. The highest BCUT2D eigenvalue weighted by Gasteiger charge is 2.25. The summed E-state index contributed by atoms with van der Waals surface area (Å²) in [6.07, 6.45) is 1.62. The molecule has 7 heteroatoms. The number of hydrogen-bond acceptors (Lipinski definition) is 4. The van der Waals surface area contributed by atoms with E-state index in [9.17, 15) is 4.79 Å². The summed E-state index contributed by atoms with van der Waals surface area (Å²) in [7, 11) is 1.76. The second-order valence-electron chi connectivity index (χ2n) is 4.96. The Hall–Kier alpha value is -1.47. The van der Waals surface area contributed by atoms with Gasteiger partial charge in [0.2, 0.25) is 5.91 Å². The number of carbonyl (C=O) groups is 1. The molecule has 4 N–H and O–H groups in total. The number of amides is 1. The van der Waals surface area contributed by atoms with Crippen molar-refractivity contribution in [3.8, 4) is 5.75 Å². The largest absolute Gasteiger partial charge is 0.494 e. The van der Waals surface area contributed by atoms with Crippen LogP contribution in [-0.2, 0) is 4.79 Å². The van der Waals surface area contributed by atoms with Crippen molar-refractivity contribution < 1.29 is 9.53 Å². The number of thiocarbonyl (C=S) groups is 1. The summed E-state index contributed by atoms with van der Waals surface area (Å²) < 4.78 is 5.68. The summed E-state index contributed by atoms with van der Waals surface area (Å²) in [5.74, 6) is 0.761. The van der Waals surface area contributed by atoms with Gasteiger partial charge in [0, 0.05) is 7.05 Å². The summed E-state index contributed by atoms with van der Waals surface area (Å²) in [6, 6.07) is 9.68. The van der Waals surface area contributed by atoms with Crippen LogP contribution in [0.5, 0.6) is 5.75 Å². The molecule has 1 unspecified atom stereocenters. The van der Waals surface area contributed by atoms with Gasteiger partial charge in [0.15, 0.2) is 5.11 Å². The van der Waals surface area contributed by atoms with Crippen LogP contribution in [0.4, 0.5) is 0 Å². The predicted molar refractivity (Wildman–Crippen MR) is 96.0 cm³/mol. The first-order chi connectivity index (χ1) is 10.4. The van der Waals surface area contributed by atoms with E-state index < -0.39 is 0 Å². The molecule has 0 saturated heterocycles. The number of hydrogen-bond donors (Lipinski definition) is 3. The summed E-state index contributed by atoms with van der Waals surface area (Å²) in [4.78, 5) is 10.7. The molecule has 0 heterocycles. The molecule has 0 radical (unpaired) electrons. The smallest absolute Gasteiger partial charge is 0.227 e. The van der Waals surface area contributed by atoms with E-state index in [1.165, 1.54) is 11.8 Å². The Labute approximate surface area is 141 Å². The molecule has 5 nitrogen and oxygen atoms in total. The van der Waals surface area contributed by atoms with Crippen LogP contribution in [-0.4, -0.2) is 35.3 Å². The first-order valence-electron chi connectivity index (χ1n) is 7.05. The van der Waals surface area contributed by atoms with Crippen LogP contribution < -0.4 is 21.1 Å². The van der Waals surface area contributed by atoms with Gasteiger partial charge in [-0.15, -0.1) is 11.8 Å². The summed E-state index contributed by atoms with van der Waals surface area (Å²) >= 11 is 6.61. The van der Waals surface area contributed by atoms with E-state index in [4.69, 9.17) is 22.7 Å². The second-order valence-corrected chi connectivity index (χ2v) is 6.84. The number of nitrogens with one attached hydrogen (secondary N) is 2. The van der Waals surface area contributed by atoms with E-state index in [1.54, 1.807) is 7.05 Å². The summed E-state index contributed by atoms with van der Waals surface area (Å²) in [6.45, 7) is 2.61. The van der Waals surface area contributed by atoms with Crippen molar-refractivity contribution in [2.75, 3.05) is 19.4 Å². The first kappa shape index (κ1) is 18.6. The van der Waals surface area contributed by atoms with E-state index in [0.717, 1.165) is 18.6 Å². The second kappa shape index (κ2) is 9.53. The minimum Gasteiger partial charge on any atom is -0.494 e. The van der Waals surface area contributed by atoms with Gasteiger partial charge in [-0.1, -0.05) is 18.2 Å². The highest BCUT2D eigenvalue weighted by molar-refractivity contribution is 8.01. The van der Waals surface area contributed by atoms with Gasteiger partial charge in [0.25, 0.3) is 0 Å². The van der Waals surface area contributed by atoms with Crippen molar-refractivity contribution >= 4 is 35.0 Å². The van der Waals surface area contributed by atoms with Gasteiger partial charge in [0.1, 0.15) is 5.75 Å². The van der Waals surface area contributed by atoms with Crippen LogP contribution in [0.2, 0.25) is 0 Å². The highest BCUT2D eigenvalue weighted by Crippen LogP contribution is 2.27. The van der Waals surface area contributed by atoms with Gasteiger partial charge < -0.3 is 21.1 Å². The average molecular weight is 342 g/mol. The van der Waals surface area contributed by atoms with Crippen LogP contribution in [0.15, 0.2) is 30.3 Å². The standard InChI is InChI=1S/C15H23N3O2S2/c1-15(18-14(21)17-2,22-11-13(16)19)9-6-10-20-12-7-4-3-5-8-12/h3-5,7-8H,6,9-11H2,1-2H3,(H2,16,19)(H2,17,18,21). The maximum atomic E-state index is 11.0. The minimum atomic E-state index is -0.366. The van der Waals surface area contributed by atoms with Crippen LogP contribution in [0, 0.1) is 0 Å². The zero-order chi connectivity index (χ0) is 16.4. The molecule has 1 amide bonds. The van der Waals surface area contributed by atoms with E-state index in [0.29, 0.717) is 11.7 Å².